The summed E-state index contributed by atoms with van der Waals surface area (Å²) in [4.78, 5) is 25.0. The second kappa shape index (κ2) is 8.46. The van der Waals surface area contributed by atoms with Crippen molar-refractivity contribution in [1.82, 2.24) is 4.90 Å². The maximum Gasteiger partial charge on any atom is 0.387 e. The highest BCUT2D eigenvalue weighted by Crippen LogP contribution is 2.33. The summed E-state index contributed by atoms with van der Waals surface area (Å²) < 4.78 is 34.7. The normalized spacial score (nSPS) is 15.6. The summed E-state index contributed by atoms with van der Waals surface area (Å²) in [6.07, 6.45) is 3.74. The number of methoxy groups -OCH3 is 1. The monoisotopic (exact) mass is 354 g/mol. The minimum Gasteiger partial charge on any atom is -0.493 e. The maximum atomic E-state index is 12.6. The Hall–Kier alpha value is -2.64. The number of likely N-dealkylation sites (tertiary alicyclic amines) is 1. The van der Waals surface area contributed by atoms with Gasteiger partial charge in [-0.25, -0.2) is 0 Å². The Labute approximate surface area is 144 Å². The Morgan fingerprint density at radius 3 is 2.56 bits per heavy atom. The van der Waals surface area contributed by atoms with Crippen LogP contribution in [0.2, 0.25) is 0 Å². The Morgan fingerprint density at radius 2 is 2.00 bits per heavy atom. The molecule has 136 valence electrons. The summed E-state index contributed by atoms with van der Waals surface area (Å²) in [5, 5.41) is 0. The molecule has 0 saturated carbocycles. The smallest absolute Gasteiger partial charge is 0.387 e. The number of hydrogen-bond donors (Lipinski definition) is 1. The van der Waals surface area contributed by atoms with Crippen LogP contribution in [0.1, 0.15) is 18.4 Å². The lowest BCUT2D eigenvalue weighted by Crippen LogP contribution is -2.41. The van der Waals surface area contributed by atoms with E-state index in [0.717, 1.165) is 0 Å². The van der Waals surface area contributed by atoms with Crippen LogP contribution in [0.15, 0.2) is 24.3 Å². The van der Waals surface area contributed by atoms with Gasteiger partial charge in [0.2, 0.25) is 11.8 Å². The third-order valence-corrected chi connectivity index (χ3v) is 4.05. The molecule has 1 aromatic carbocycles. The molecular weight excluding hydrogens is 334 g/mol. The number of ether oxygens (including phenoxy) is 2. The van der Waals surface area contributed by atoms with Crippen molar-refractivity contribution < 1.29 is 27.8 Å². The first-order valence-corrected chi connectivity index (χ1v) is 7.80. The van der Waals surface area contributed by atoms with E-state index in [1.807, 2.05) is 0 Å². The Kier molecular flexibility index (Phi) is 6.32. The fraction of sp³-hybridized carbons (Fsp3) is 0.412. The average Bonchev–Trinajstić information content (AvgIpc) is 2.60. The van der Waals surface area contributed by atoms with Gasteiger partial charge >= 0.3 is 6.61 Å². The van der Waals surface area contributed by atoms with Crippen LogP contribution in [0.4, 0.5) is 8.78 Å². The van der Waals surface area contributed by atoms with E-state index in [-0.39, 0.29) is 29.2 Å². The van der Waals surface area contributed by atoms with Gasteiger partial charge in [-0.15, -0.1) is 0 Å². The number of nitrogens with zero attached hydrogens (tertiary/aromatic N) is 1. The van der Waals surface area contributed by atoms with Gasteiger partial charge in [-0.1, -0.05) is 12.1 Å². The molecule has 1 fully saturated rings. The summed E-state index contributed by atoms with van der Waals surface area (Å²) in [7, 11) is 1.34. The van der Waals surface area contributed by atoms with Gasteiger partial charge in [-0.2, -0.15) is 8.78 Å². The molecule has 0 spiro atoms. The number of carbonyl (C=O) groups is 2. The van der Waals surface area contributed by atoms with Crippen molar-refractivity contribution >= 4 is 17.9 Å². The van der Waals surface area contributed by atoms with E-state index in [4.69, 9.17) is 10.5 Å². The van der Waals surface area contributed by atoms with Crippen molar-refractivity contribution in [2.24, 2.45) is 11.7 Å². The van der Waals surface area contributed by atoms with Crippen LogP contribution < -0.4 is 15.2 Å². The number of nitrogens with two attached hydrogens (primary N) is 1. The van der Waals surface area contributed by atoms with Crippen LogP contribution >= 0.6 is 0 Å². The highest BCUT2D eigenvalue weighted by atomic mass is 19.3. The molecule has 2 rings (SSSR count). The molecule has 2 amide bonds. The molecular formula is C17H20F2N2O4. The Bertz CT molecular complexity index is 656. The van der Waals surface area contributed by atoms with E-state index in [2.05, 4.69) is 4.74 Å². The molecule has 0 aliphatic carbocycles. The molecule has 0 unspecified atom stereocenters. The minimum atomic E-state index is -3.01. The van der Waals surface area contributed by atoms with Crippen LogP contribution in [0.5, 0.6) is 11.5 Å². The molecule has 25 heavy (non-hydrogen) atoms. The first kappa shape index (κ1) is 18.7. The summed E-state index contributed by atoms with van der Waals surface area (Å²) in [6.45, 7) is -2.16. The van der Waals surface area contributed by atoms with E-state index in [1.165, 1.54) is 25.3 Å². The van der Waals surface area contributed by atoms with Crippen molar-refractivity contribution in [2.45, 2.75) is 19.5 Å². The summed E-state index contributed by atoms with van der Waals surface area (Å²) >= 11 is 0. The molecule has 0 radical (unpaired) electrons. The van der Waals surface area contributed by atoms with Crippen LogP contribution in [-0.4, -0.2) is 43.5 Å². The average molecular weight is 354 g/mol. The van der Waals surface area contributed by atoms with E-state index in [0.29, 0.717) is 31.5 Å². The number of halogens is 2. The molecule has 0 atom stereocenters. The Balaban J connectivity index is 2.08. The zero-order valence-corrected chi connectivity index (χ0v) is 13.8. The van der Waals surface area contributed by atoms with Crippen molar-refractivity contribution in [3.8, 4) is 11.5 Å². The number of rotatable bonds is 6. The lowest BCUT2D eigenvalue weighted by molar-refractivity contribution is -0.130. The predicted molar refractivity (Wildman–Crippen MR) is 87.2 cm³/mol. The third-order valence-electron chi connectivity index (χ3n) is 4.05. The number of piperidine rings is 1. The number of alkyl halides is 2. The standard InChI is InChI=1S/C17H20F2N2O4/c1-24-13-4-2-3-11(15(13)25-17(18)19)5-6-14(22)21-9-7-12(8-10-21)16(20)23/h2-6,12,17H,7-10H2,1H3,(H2,20,23)/b6-5+. The molecule has 6 nitrogen and oxygen atoms in total. The van der Waals surface area contributed by atoms with E-state index in [1.54, 1.807) is 17.0 Å². The highest BCUT2D eigenvalue weighted by Gasteiger charge is 2.25. The second-order valence-corrected chi connectivity index (χ2v) is 5.59. The molecule has 0 bridgehead atoms. The summed E-state index contributed by atoms with van der Waals surface area (Å²) in [6, 6.07) is 4.65. The van der Waals surface area contributed by atoms with Crippen molar-refractivity contribution in [1.29, 1.82) is 0 Å². The molecule has 8 heteroatoms. The van der Waals surface area contributed by atoms with Crippen molar-refractivity contribution in [3.63, 3.8) is 0 Å². The zero-order valence-electron chi connectivity index (χ0n) is 13.8. The van der Waals surface area contributed by atoms with Gasteiger partial charge in [-0.05, 0) is 25.0 Å². The second-order valence-electron chi connectivity index (χ2n) is 5.59. The van der Waals surface area contributed by atoms with Crippen LogP contribution in [0, 0.1) is 5.92 Å². The van der Waals surface area contributed by atoms with Crippen molar-refractivity contribution in [3.05, 3.63) is 29.8 Å². The topological polar surface area (TPSA) is 81.9 Å². The largest absolute Gasteiger partial charge is 0.493 e. The lowest BCUT2D eigenvalue weighted by atomic mass is 9.96. The molecule has 0 aromatic heterocycles. The maximum absolute atomic E-state index is 12.6. The quantitative estimate of drug-likeness (QED) is 0.793. The number of hydrogen-bond acceptors (Lipinski definition) is 4. The first-order valence-electron chi connectivity index (χ1n) is 7.80. The van der Waals surface area contributed by atoms with Gasteiger partial charge < -0.3 is 20.1 Å². The predicted octanol–water partition coefficient (Wildman–Crippen LogP) is 2.03. The SMILES string of the molecule is COc1cccc(/C=C/C(=O)N2CCC(C(N)=O)CC2)c1OC(F)F. The number of carbonyl (C=O) groups excluding carboxylic acids is 2. The molecule has 1 aliphatic rings. The van der Waals surface area contributed by atoms with Crippen LogP contribution in [0.3, 0.4) is 0 Å². The number of para-hydroxylation sites is 1. The lowest BCUT2D eigenvalue weighted by Gasteiger charge is -2.29. The van der Waals surface area contributed by atoms with Gasteiger partial charge in [0.15, 0.2) is 11.5 Å². The molecule has 1 aliphatic heterocycles. The molecule has 2 N–H and O–H groups in total. The fourth-order valence-corrected chi connectivity index (χ4v) is 2.69. The fourth-order valence-electron chi connectivity index (χ4n) is 2.69. The Morgan fingerprint density at radius 1 is 1.32 bits per heavy atom. The number of benzene rings is 1. The molecule has 1 heterocycles. The van der Waals surface area contributed by atoms with Gasteiger partial charge in [0, 0.05) is 30.6 Å². The first-order chi connectivity index (χ1) is 11.9. The zero-order chi connectivity index (χ0) is 18.4. The van der Waals surface area contributed by atoms with Gasteiger partial charge in [0.05, 0.1) is 7.11 Å². The number of amides is 2. The summed E-state index contributed by atoms with van der Waals surface area (Å²) in [5.74, 6) is -0.812. The molecule has 1 aromatic rings. The van der Waals surface area contributed by atoms with Gasteiger partial charge in [0.25, 0.3) is 0 Å². The van der Waals surface area contributed by atoms with Crippen molar-refractivity contribution in [2.75, 3.05) is 20.2 Å². The van der Waals surface area contributed by atoms with E-state index < -0.39 is 6.61 Å². The summed E-state index contributed by atoms with van der Waals surface area (Å²) in [5.41, 5.74) is 5.57. The van der Waals surface area contributed by atoms with Crippen LogP contribution in [0.25, 0.3) is 6.08 Å². The van der Waals surface area contributed by atoms with Gasteiger partial charge in [-0.3, -0.25) is 9.59 Å². The van der Waals surface area contributed by atoms with E-state index in [9.17, 15) is 18.4 Å². The molecule has 1 saturated heterocycles. The minimum absolute atomic E-state index is 0.128. The number of primary amides is 1. The van der Waals surface area contributed by atoms with Crippen LogP contribution in [-0.2, 0) is 9.59 Å². The van der Waals surface area contributed by atoms with Gasteiger partial charge in [0.1, 0.15) is 0 Å². The van der Waals surface area contributed by atoms with E-state index >= 15 is 0 Å². The third kappa shape index (κ3) is 4.91. The highest BCUT2D eigenvalue weighted by molar-refractivity contribution is 5.92.